The first kappa shape index (κ1) is 26.5. The first-order valence-electron chi connectivity index (χ1n) is 14.1. The molecule has 1 aromatic heterocycles. The molecule has 0 radical (unpaired) electrons. The van der Waals surface area contributed by atoms with Gasteiger partial charge in [0.1, 0.15) is 5.60 Å². The Hall–Kier alpha value is -2.71. The number of piperidine rings is 1. The van der Waals surface area contributed by atoms with Crippen LogP contribution in [0.4, 0.5) is 13.2 Å². The van der Waals surface area contributed by atoms with Gasteiger partial charge >= 0.3 is 6.18 Å². The van der Waals surface area contributed by atoms with Crippen LogP contribution in [0, 0.1) is 5.92 Å². The fourth-order valence-corrected chi connectivity index (χ4v) is 7.12. The van der Waals surface area contributed by atoms with Gasteiger partial charge < -0.3 is 9.64 Å². The summed E-state index contributed by atoms with van der Waals surface area (Å²) in [5.41, 5.74) is 2.29. The summed E-state index contributed by atoms with van der Waals surface area (Å²) in [5.74, 6) is -0.152. The van der Waals surface area contributed by atoms with Gasteiger partial charge in [-0.05, 0) is 67.4 Å². The standard InChI is InChI=1S/C31H36F3N3O2/c1-21(2)30(28(38)37-14-9-27-23(19-37)17-24(18-35-27)31(32,33)34)11-8-25(20-39-30)36-15-12-29(13-16-36)10-7-22-5-3-4-6-26(22)29/h3-7,10,17-18,21,25H,8-9,11-16,19-20H2,1-2H3. The highest BCUT2D eigenvalue weighted by molar-refractivity contribution is 5.86. The van der Waals surface area contributed by atoms with E-state index in [1.165, 1.54) is 11.1 Å². The normalized spacial score (nSPS) is 26.6. The highest BCUT2D eigenvalue weighted by atomic mass is 19.4. The molecule has 1 aliphatic carbocycles. The van der Waals surface area contributed by atoms with Crippen LogP contribution in [-0.4, -0.2) is 58.6 Å². The second-order valence-corrected chi connectivity index (χ2v) is 12.0. The van der Waals surface area contributed by atoms with Gasteiger partial charge in [-0.25, -0.2) is 0 Å². The third-order valence-electron chi connectivity index (χ3n) is 9.62. The van der Waals surface area contributed by atoms with Gasteiger partial charge in [-0.3, -0.25) is 14.7 Å². The Balaban J connectivity index is 1.11. The molecule has 2 aromatic rings. The van der Waals surface area contributed by atoms with Crippen LogP contribution in [0.5, 0.6) is 0 Å². The largest absolute Gasteiger partial charge is 0.417 e. The van der Waals surface area contributed by atoms with Crippen molar-refractivity contribution in [1.82, 2.24) is 14.8 Å². The second-order valence-electron chi connectivity index (χ2n) is 12.0. The van der Waals surface area contributed by atoms with Gasteiger partial charge in [0.2, 0.25) is 0 Å². The number of likely N-dealkylation sites (tertiary alicyclic amines) is 1. The van der Waals surface area contributed by atoms with Crippen molar-refractivity contribution in [3.63, 3.8) is 0 Å². The minimum Gasteiger partial charge on any atom is -0.363 e. The van der Waals surface area contributed by atoms with E-state index in [0.717, 1.165) is 44.6 Å². The van der Waals surface area contributed by atoms with Gasteiger partial charge in [0.25, 0.3) is 5.91 Å². The monoisotopic (exact) mass is 539 g/mol. The lowest BCUT2D eigenvalue weighted by atomic mass is 9.74. The number of aromatic nitrogens is 1. The molecule has 0 bridgehead atoms. The van der Waals surface area contributed by atoms with Crippen LogP contribution in [0.25, 0.3) is 6.08 Å². The topological polar surface area (TPSA) is 45.7 Å². The molecule has 3 aliphatic heterocycles. The summed E-state index contributed by atoms with van der Waals surface area (Å²) in [6.07, 6.45) is 5.16. The Morgan fingerprint density at radius 1 is 1.13 bits per heavy atom. The molecule has 2 saturated heterocycles. The average molecular weight is 540 g/mol. The van der Waals surface area contributed by atoms with Crippen LogP contribution in [0.1, 0.15) is 67.5 Å². The van der Waals surface area contributed by atoms with Gasteiger partial charge in [-0.15, -0.1) is 0 Å². The second kappa shape index (κ2) is 9.73. The predicted molar refractivity (Wildman–Crippen MR) is 143 cm³/mol. The first-order chi connectivity index (χ1) is 18.6. The number of amides is 1. The molecule has 1 aromatic carbocycles. The Morgan fingerprint density at radius 3 is 2.59 bits per heavy atom. The zero-order chi connectivity index (χ0) is 27.4. The van der Waals surface area contributed by atoms with Crippen molar-refractivity contribution >= 4 is 12.0 Å². The Labute approximate surface area is 228 Å². The van der Waals surface area contributed by atoms with Crippen molar-refractivity contribution in [2.75, 3.05) is 26.2 Å². The third-order valence-corrected chi connectivity index (χ3v) is 9.62. The number of ether oxygens (including phenoxy) is 1. The van der Waals surface area contributed by atoms with Gasteiger partial charge in [0.15, 0.2) is 0 Å². The summed E-state index contributed by atoms with van der Waals surface area (Å²) in [6, 6.07) is 10.1. The van der Waals surface area contributed by atoms with Crippen LogP contribution < -0.4 is 0 Å². The molecule has 4 aliphatic rings. The van der Waals surface area contributed by atoms with Crippen molar-refractivity contribution in [3.8, 4) is 0 Å². The maximum absolute atomic E-state index is 13.9. The molecular formula is C31H36F3N3O2. The van der Waals surface area contributed by atoms with Gasteiger partial charge in [-0.2, -0.15) is 13.2 Å². The molecule has 4 heterocycles. The Bertz CT molecular complexity index is 1270. The van der Waals surface area contributed by atoms with E-state index in [-0.39, 0.29) is 29.8 Å². The summed E-state index contributed by atoms with van der Waals surface area (Å²) in [6.45, 7) is 7.07. The van der Waals surface area contributed by atoms with E-state index in [0.29, 0.717) is 37.3 Å². The molecule has 2 fully saturated rings. The van der Waals surface area contributed by atoms with Crippen LogP contribution in [0.15, 0.2) is 42.6 Å². The number of hydrogen-bond acceptors (Lipinski definition) is 4. The summed E-state index contributed by atoms with van der Waals surface area (Å²) in [5, 5.41) is 0. The SMILES string of the molecule is CC(C)C1(C(=O)N2CCc3ncc(C(F)(F)F)cc3C2)CCC(N2CCC3(C=Cc4ccccc43)CC2)CO1. The van der Waals surface area contributed by atoms with Gasteiger partial charge in [0.05, 0.1) is 12.2 Å². The lowest BCUT2D eigenvalue weighted by molar-refractivity contribution is -0.181. The molecule has 6 rings (SSSR count). The van der Waals surface area contributed by atoms with Crippen molar-refractivity contribution in [2.24, 2.45) is 5.92 Å². The van der Waals surface area contributed by atoms with Crippen LogP contribution >= 0.6 is 0 Å². The number of pyridine rings is 1. The van der Waals surface area contributed by atoms with Crippen LogP contribution in [0.3, 0.4) is 0 Å². The van der Waals surface area contributed by atoms with Crippen molar-refractivity contribution < 1.29 is 22.7 Å². The van der Waals surface area contributed by atoms with Gasteiger partial charge in [-0.1, -0.05) is 50.3 Å². The van der Waals surface area contributed by atoms with E-state index in [1.54, 1.807) is 4.90 Å². The van der Waals surface area contributed by atoms with E-state index < -0.39 is 17.3 Å². The molecule has 0 N–H and O–H groups in total. The summed E-state index contributed by atoms with van der Waals surface area (Å²) in [7, 11) is 0. The zero-order valence-corrected chi connectivity index (χ0v) is 22.6. The maximum atomic E-state index is 13.9. The number of halogens is 3. The maximum Gasteiger partial charge on any atom is 0.417 e. The number of alkyl halides is 3. The Morgan fingerprint density at radius 2 is 1.90 bits per heavy atom. The molecule has 39 heavy (non-hydrogen) atoms. The molecule has 1 spiro atoms. The quantitative estimate of drug-likeness (QED) is 0.508. The number of carbonyl (C=O) groups is 1. The fraction of sp³-hybridized carbons (Fsp3) is 0.548. The number of nitrogens with zero attached hydrogens (tertiary/aromatic N) is 3. The minimum absolute atomic E-state index is 0.0447. The number of rotatable bonds is 3. The van der Waals surface area contributed by atoms with Crippen LogP contribution in [-0.2, 0) is 34.1 Å². The highest BCUT2D eigenvalue weighted by Crippen LogP contribution is 2.45. The zero-order valence-electron chi connectivity index (χ0n) is 22.6. The lowest BCUT2D eigenvalue weighted by Crippen LogP contribution is -2.60. The van der Waals surface area contributed by atoms with E-state index in [4.69, 9.17) is 4.74 Å². The van der Waals surface area contributed by atoms with E-state index in [2.05, 4.69) is 46.3 Å². The third kappa shape index (κ3) is 4.59. The lowest BCUT2D eigenvalue weighted by Gasteiger charge is -2.49. The molecular weight excluding hydrogens is 503 g/mol. The fourth-order valence-electron chi connectivity index (χ4n) is 7.12. The molecule has 5 nitrogen and oxygen atoms in total. The minimum atomic E-state index is -4.46. The van der Waals surface area contributed by atoms with E-state index in [9.17, 15) is 18.0 Å². The molecule has 0 saturated carbocycles. The molecule has 1 amide bonds. The smallest absolute Gasteiger partial charge is 0.363 e. The summed E-state index contributed by atoms with van der Waals surface area (Å²) >= 11 is 0. The number of benzene rings is 1. The predicted octanol–water partition coefficient (Wildman–Crippen LogP) is 5.62. The number of allylic oxidation sites excluding steroid dienone is 1. The van der Waals surface area contributed by atoms with Crippen molar-refractivity contribution in [3.05, 3.63) is 70.6 Å². The summed E-state index contributed by atoms with van der Waals surface area (Å²) < 4.78 is 46.3. The molecule has 2 atom stereocenters. The molecule has 8 heteroatoms. The van der Waals surface area contributed by atoms with Crippen molar-refractivity contribution in [2.45, 2.75) is 75.7 Å². The van der Waals surface area contributed by atoms with E-state index in [1.807, 2.05) is 13.8 Å². The number of hydrogen-bond donors (Lipinski definition) is 0. The first-order valence-corrected chi connectivity index (χ1v) is 14.1. The highest BCUT2D eigenvalue weighted by Gasteiger charge is 2.50. The van der Waals surface area contributed by atoms with Crippen molar-refractivity contribution in [1.29, 1.82) is 0 Å². The van der Waals surface area contributed by atoms with E-state index >= 15 is 0 Å². The van der Waals surface area contributed by atoms with Gasteiger partial charge in [0, 0.05) is 42.9 Å². The summed E-state index contributed by atoms with van der Waals surface area (Å²) in [4.78, 5) is 22.2. The number of carbonyl (C=O) groups excluding carboxylic acids is 1. The Kier molecular flexibility index (Phi) is 6.62. The average Bonchev–Trinajstić information content (AvgIpc) is 3.30. The molecule has 2 unspecified atom stereocenters. The molecule has 208 valence electrons. The number of fused-ring (bicyclic) bond motifs is 3. The van der Waals surface area contributed by atoms with Crippen LogP contribution in [0.2, 0.25) is 0 Å².